The van der Waals surface area contributed by atoms with Crippen molar-refractivity contribution in [2.75, 3.05) is 66.1 Å². The number of quaternary nitrogens is 2. The molecule has 0 spiro atoms. The van der Waals surface area contributed by atoms with Gasteiger partial charge in [-0.05, 0) is 24.3 Å². The summed E-state index contributed by atoms with van der Waals surface area (Å²) < 4.78 is 38.5. The third-order valence-corrected chi connectivity index (χ3v) is 7.58. The minimum Gasteiger partial charge on any atom is -0.497 e. The number of sulfonamides is 1. The third kappa shape index (κ3) is 5.45. The summed E-state index contributed by atoms with van der Waals surface area (Å²) in [6, 6.07) is 6.63. The van der Waals surface area contributed by atoms with E-state index in [9.17, 15) is 8.42 Å². The first kappa shape index (κ1) is 21.5. The van der Waals surface area contributed by atoms with Gasteiger partial charge in [0.2, 0.25) is 10.0 Å². The highest BCUT2D eigenvalue weighted by Crippen LogP contribution is 2.19. The molecule has 1 aromatic rings. The molecule has 0 saturated carbocycles. The number of morpholine rings is 1. The van der Waals surface area contributed by atoms with Crippen molar-refractivity contribution in [3.63, 3.8) is 0 Å². The molecular weight excluding hydrogens is 378 g/mol. The largest absolute Gasteiger partial charge is 0.497 e. The number of nitrogens with one attached hydrogen (secondary N) is 2. The number of methoxy groups -OCH3 is 1. The first-order chi connectivity index (χ1) is 13.4. The van der Waals surface area contributed by atoms with Crippen molar-refractivity contribution in [2.24, 2.45) is 5.92 Å². The molecular formula is C20H35N3O4S+2. The van der Waals surface area contributed by atoms with E-state index in [1.165, 1.54) is 11.4 Å². The number of ether oxygens (including phenoxy) is 2. The van der Waals surface area contributed by atoms with E-state index in [1.807, 2.05) is 0 Å². The molecule has 158 valence electrons. The number of hydrogen-bond donors (Lipinski definition) is 2. The summed E-state index contributed by atoms with van der Waals surface area (Å²) in [5.74, 6) is 1.36. The normalized spacial score (nSPS) is 25.1. The van der Waals surface area contributed by atoms with Crippen molar-refractivity contribution < 1.29 is 27.7 Å². The van der Waals surface area contributed by atoms with Crippen molar-refractivity contribution in [1.82, 2.24) is 4.31 Å². The quantitative estimate of drug-likeness (QED) is 0.573. The van der Waals surface area contributed by atoms with E-state index in [0.717, 1.165) is 39.3 Å². The van der Waals surface area contributed by atoms with Crippen LogP contribution in [0.5, 0.6) is 5.75 Å². The molecule has 0 radical (unpaired) electrons. The van der Waals surface area contributed by atoms with Crippen molar-refractivity contribution in [2.45, 2.75) is 24.8 Å². The maximum Gasteiger partial charge on any atom is 0.243 e. The predicted octanol–water partition coefficient (Wildman–Crippen LogP) is -1.48. The van der Waals surface area contributed by atoms with Crippen LogP contribution in [0.25, 0.3) is 0 Å². The second-order valence-electron chi connectivity index (χ2n) is 8.33. The van der Waals surface area contributed by atoms with Crippen molar-refractivity contribution in [1.29, 1.82) is 0 Å². The van der Waals surface area contributed by atoms with Crippen LogP contribution in [0.2, 0.25) is 0 Å². The van der Waals surface area contributed by atoms with E-state index < -0.39 is 10.0 Å². The zero-order valence-corrected chi connectivity index (χ0v) is 18.1. The monoisotopic (exact) mass is 413 g/mol. The lowest BCUT2D eigenvalue weighted by atomic mass is 10.1. The highest BCUT2D eigenvalue weighted by Gasteiger charge is 2.33. The first-order valence-electron chi connectivity index (χ1n) is 10.3. The Morgan fingerprint density at radius 1 is 1.14 bits per heavy atom. The molecule has 1 aromatic carbocycles. The summed E-state index contributed by atoms with van der Waals surface area (Å²) in [4.78, 5) is 3.41. The summed E-state index contributed by atoms with van der Waals surface area (Å²) >= 11 is 0. The lowest BCUT2D eigenvalue weighted by Crippen LogP contribution is -3.19. The molecule has 1 unspecified atom stereocenters. The molecule has 0 amide bonds. The zero-order valence-electron chi connectivity index (χ0n) is 17.3. The Bertz CT molecular complexity index is 715. The van der Waals surface area contributed by atoms with E-state index >= 15 is 0 Å². The Labute approximate surface area is 169 Å². The Balaban J connectivity index is 1.51. The average molecular weight is 414 g/mol. The molecule has 2 heterocycles. The van der Waals surface area contributed by atoms with E-state index in [4.69, 9.17) is 9.47 Å². The molecule has 2 fully saturated rings. The number of benzene rings is 1. The van der Waals surface area contributed by atoms with Gasteiger partial charge in [0.1, 0.15) is 25.4 Å². The SMILES string of the molecule is COc1ccc(S(=O)(=O)N2CC[NH+](C[C@@H]3C[NH+](CC(C)C)CCO3)CC2)cc1. The van der Waals surface area contributed by atoms with Gasteiger partial charge >= 0.3 is 0 Å². The minimum absolute atomic E-state index is 0.280. The maximum atomic E-state index is 12.9. The number of piperazine rings is 1. The zero-order chi connectivity index (χ0) is 20.1. The molecule has 0 aliphatic carbocycles. The summed E-state index contributed by atoms with van der Waals surface area (Å²) in [6.07, 6.45) is 0.280. The van der Waals surface area contributed by atoms with Crippen molar-refractivity contribution >= 4 is 10.0 Å². The van der Waals surface area contributed by atoms with Crippen LogP contribution in [-0.2, 0) is 14.8 Å². The molecule has 2 aliphatic heterocycles. The molecule has 8 heteroatoms. The van der Waals surface area contributed by atoms with E-state index in [-0.39, 0.29) is 6.10 Å². The van der Waals surface area contributed by atoms with Crippen LogP contribution < -0.4 is 14.5 Å². The summed E-state index contributed by atoms with van der Waals surface area (Å²) in [6.45, 7) is 12.5. The Morgan fingerprint density at radius 2 is 1.82 bits per heavy atom. The minimum atomic E-state index is -3.44. The highest BCUT2D eigenvalue weighted by molar-refractivity contribution is 7.89. The lowest BCUT2D eigenvalue weighted by Gasteiger charge is -2.36. The molecule has 2 N–H and O–H groups in total. The smallest absolute Gasteiger partial charge is 0.243 e. The van der Waals surface area contributed by atoms with Gasteiger partial charge < -0.3 is 19.3 Å². The summed E-state index contributed by atoms with van der Waals surface area (Å²) in [5, 5.41) is 0. The fraction of sp³-hybridized carbons (Fsp3) is 0.700. The van der Waals surface area contributed by atoms with Crippen LogP contribution in [0.3, 0.4) is 0 Å². The van der Waals surface area contributed by atoms with Gasteiger partial charge in [0.05, 0.1) is 51.3 Å². The van der Waals surface area contributed by atoms with Crippen molar-refractivity contribution in [3.05, 3.63) is 24.3 Å². The van der Waals surface area contributed by atoms with Crippen LogP contribution in [0, 0.1) is 5.92 Å². The van der Waals surface area contributed by atoms with Crippen LogP contribution in [0.4, 0.5) is 0 Å². The topological polar surface area (TPSA) is 64.7 Å². The van der Waals surface area contributed by atoms with Gasteiger partial charge in [-0.1, -0.05) is 13.8 Å². The molecule has 2 saturated heterocycles. The number of nitrogens with zero attached hydrogens (tertiary/aromatic N) is 1. The third-order valence-electron chi connectivity index (χ3n) is 5.67. The second-order valence-corrected chi connectivity index (χ2v) is 10.3. The van der Waals surface area contributed by atoms with Crippen molar-refractivity contribution in [3.8, 4) is 5.75 Å². The molecule has 0 aromatic heterocycles. The van der Waals surface area contributed by atoms with Gasteiger partial charge in [0.25, 0.3) is 0 Å². The van der Waals surface area contributed by atoms with Crippen LogP contribution in [0.15, 0.2) is 29.2 Å². The Morgan fingerprint density at radius 3 is 2.43 bits per heavy atom. The van der Waals surface area contributed by atoms with Gasteiger partial charge in [-0.2, -0.15) is 4.31 Å². The fourth-order valence-corrected chi connectivity index (χ4v) is 5.65. The Kier molecular flexibility index (Phi) is 7.33. The van der Waals surface area contributed by atoms with Gasteiger partial charge in [-0.15, -0.1) is 0 Å². The molecule has 7 nitrogen and oxygen atoms in total. The van der Waals surface area contributed by atoms with Gasteiger partial charge in [-0.25, -0.2) is 8.42 Å². The van der Waals surface area contributed by atoms with E-state index in [1.54, 1.807) is 40.6 Å². The van der Waals surface area contributed by atoms with E-state index in [2.05, 4.69) is 13.8 Å². The average Bonchev–Trinajstić information content (AvgIpc) is 2.68. The molecule has 3 rings (SSSR count). The van der Waals surface area contributed by atoms with Crippen LogP contribution in [-0.4, -0.2) is 84.9 Å². The highest BCUT2D eigenvalue weighted by atomic mass is 32.2. The van der Waals surface area contributed by atoms with Gasteiger partial charge in [0.15, 0.2) is 6.10 Å². The lowest BCUT2D eigenvalue weighted by molar-refractivity contribution is -0.935. The molecule has 28 heavy (non-hydrogen) atoms. The van der Waals surface area contributed by atoms with E-state index in [0.29, 0.717) is 29.7 Å². The second kappa shape index (κ2) is 9.54. The predicted molar refractivity (Wildman–Crippen MR) is 107 cm³/mol. The molecule has 0 bridgehead atoms. The molecule has 2 aliphatic rings. The standard InChI is InChI=1S/C20H33N3O4S/c1-17(2)14-22-12-13-27-19(16-22)15-21-8-10-23(11-9-21)28(24,25)20-6-4-18(26-3)5-7-20/h4-7,17,19H,8-16H2,1-3H3/p+2/t19-/m1/s1. The van der Waals surface area contributed by atoms with Gasteiger partial charge in [0, 0.05) is 5.92 Å². The molecule has 2 atom stereocenters. The Hall–Kier alpha value is -1.19. The van der Waals surface area contributed by atoms with Gasteiger partial charge in [-0.3, -0.25) is 0 Å². The number of rotatable bonds is 7. The van der Waals surface area contributed by atoms with Crippen LogP contribution >= 0.6 is 0 Å². The first-order valence-corrected chi connectivity index (χ1v) is 11.8. The fourth-order valence-electron chi connectivity index (χ4n) is 4.21. The maximum absolute atomic E-state index is 12.9. The summed E-state index contributed by atoms with van der Waals surface area (Å²) in [5.41, 5.74) is 0. The van der Waals surface area contributed by atoms with Crippen LogP contribution in [0.1, 0.15) is 13.8 Å². The summed E-state index contributed by atoms with van der Waals surface area (Å²) in [7, 11) is -1.86. The number of hydrogen-bond acceptors (Lipinski definition) is 4.